The molecule has 2 heterocycles. The van der Waals surface area contributed by atoms with Crippen LogP contribution < -0.4 is 5.32 Å². The first-order valence-electron chi connectivity index (χ1n) is 6.33. The summed E-state index contributed by atoms with van der Waals surface area (Å²) in [5.41, 5.74) is 2.26. The number of halogens is 1. The summed E-state index contributed by atoms with van der Waals surface area (Å²) in [6, 6.07) is 6.66. The molecule has 0 aliphatic carbocycles. The molecule has 1 amide bonds. The van der Waals surface area contributed by atoms with Crippen LogP contribution in [0, 0.1) is 12.7 Å². The van der Waals surface area contributed by atoms with Gasteiger partial charge >= 0.3 is 0 Å². The zero-order chi connectivity index (χ0) is 14.3. The molecule has 2 aromatic rings. The lowest BCUT2D eigenvalue weighted by Gasteiger charge is -2.18. The van der Waals surface area contributed by atoms with Gasteiger partial charge in [-0.2, -0.15) is 5.10 Å². The minimum absolute atomic E-state index is 0.110. The van der Waals surface area contributed by atoms with E-state index < -0.39 is 0 Å². The number of anilines is 1. The molecule has 0 saturated heterocycles. The number of amides is 1. The van der Waals surface area contributed by atoms with Gasteiger partial charge in [-0.25, -0.2) is 4.39 Å². The summed E-state index contributed by atoms with van der Waals surface area (Å²) in [6.45, 7) is 3.70. The summed E-state index contributed by atoms with van der Waals surface area (Å²) >= 11 is 1.43. The fraction of sp³-hybridized carbons (Fsp3) is 0.286. The molecule has 2 atom stereocenters. The molecule has 1 aliphatic heterocycles. The minimum atomic E-state index is -0.270. The van der Waals surface area contributed by atoms with Crippen LogP contribution in [0.25, 0.3) is 0 Å². The van der Waals surface area contributed by atoms with E-state index in [9.17, 15) is 9.18 Å². The molecular weight excluding hydrogens is 277 g/mol. The molecule has 104 valence electrons. The van der Waals surface area contributed by atoms with E-state index >= 15 is 0 Å². The first-order valence-corrected chi connectivity index (χ1v) is 7.28. The number of H-pyrrole nitrogens is 1. The van der Waals surface area contributed by atoms with Crippen molar-refractivity contribution in [2.75, 3.05) is 5.32 Å². The van der Waals surface area contributed by atoms with Crippen molar-refractivity contribution < 1.29 is 9.18 Å². The Labute approximate surface area is 120 Å². The molecule has 4 nitrogen and oxygen atoms in total. The fourth-order valence-electron chi connectivity index (χ4n) is 2.32. The minimum Gasteiger partial charge on any atom is -0.308 e. The van der Waals surface area contributed by atoms with Gasteiger partial charge in [0.15, 0.2) is 5.82 Å². The standard InChI is InChI=1S/C14H14FN3OS/c1-7-11-12(9-5-3-4-6-10(9)15)20-8(2)14(19)16-13(11)18-17-7/h3-6,8,12H,1-2H3,(H2,16,17,18,19)/t8-,12-/m0/s1. The van der Waals surface area contributed by atoms with Gasteiger partial charge in [0, 0.05) is 16.8 Å². The van der Waals surface area contributed by atoms with Crippen molar-refractivity contribution in [2.45, 2.75) is 24.3 Å². The molecule has 1 aromatic carbocycles. The van der Waals surface area contributed by atoms with Gasteiger partial charge in [-0.1, -0.05) is 18.2 Å². The average Bonchev–Trinajstić information content (AvgIpc) is 2.71. The van der Waals surface area contributed by atoms with Crippen LogP contribution in [0.3, 0.4) is 0 Å². The number of carbonyl (C=O) groups excluding carboxylic acids is 1. The Hall–Kier alpha value is -1.82. The third-order valence-electron chi connectivity index (χ3n) is 3.40. The number of nitrogens with one attached hydrogen (secondary N) is 2. The van der Waals surface area contributed by atoms with Crippen molar-refractivity contribution in [3.05, 3.63) is 46.9 Å². The summed E-state index contributed by atoms with van der Waals surface area (Å²) in [7, 11) is 0. The third-order valence-corrected chi connectivity index (χ3v) is 4.78. The monoisotopic (exact) mass is 291 g/mol. The molecule has 20 heavy (non-hydrogen) atoms. The normalized spacial score (nSPS) is 22.1. The van der Waals surface area contributed by atoms with Gasteiger partial charge in [-0.3, -0.25) is 9.89 Å². The number of fused-ring (bicyclic) bond motifs is 1. The quantitative estimate of drug-likeness (QED) is 0.849. The number of aromatic nitrogens is 2. The SMILES string of the molecule is Cc1[nH]nc2c1[C@H](c1ccccc1F)S[C@@H](C)C(=O)N2. The molecule has 3 rings (SSSR count). The molecule has 0 unspecified atom stereocenters. The summed E-state index contributed by atoms with van der Waals surface area (Å²) in [5.74, 6) is 0.122. The number of benzene rings is 1. The number of aromatic amines is 1. The predicted molar refractivity (Wildman–Crippen MR) is 77.3 cm³/mol. The van der Waals surface area contributed by atoms with Gasteiger partial charge in [-0.15, -0.1) is 11.8 Å². The van der Waals surface area contributed by atoms with E-state index in [0.717, 1.165) is 11.3 Å². The molecule has 1 aromatic heterocycles. The van der Waals surface area contributed by atoms with E-state index in [1.165, 1.54) is 17.8 Å². The second-order valence-electron chi connectivity index (χ2n) is 4.78. The number of hydrogen-bond donors (Lipinski definition) is 2. The smallest absolute Gasteiger partial charge is 0.238 e. The number of carbonyl (C=O) groups is 1. The second kappa shape index (κ2) is 4.94. The molecular formula is C14H14FN3OS. The molecule has 1 aliphatic rings. The van der Waals surface area contributed by atoms with Crippen LogP contribution in [0.2, 0.25) is 0 Å². The largest absolute Gasteiger partial charge is 0.308 e. The van der Waals surface area contributed by atoms with Crippen LogP contribution in [-0.4, -0.2) is 21.4 Å². The maximum Gasteiger partial charge on any atom is 0.238 e. The van der Waals surface area contributed by atoms with Gasteiger partial charge in [-0.05, 0) is 19.9 Å². The van der Waals surface area contributed by atoms with E-state index in [1.54, 1.807) is 18.2 Å². The second-order valence-corrected chi connectivity index (χ2v) is 6.23. The van der Waals surface area contributed by atoms with Gasteiger partial charge in [0.25, 0.3) is 0 Å². The summed E-state index contributed by atoms with van der Waals surface area (Å²) in [4.78, 5) is 12.0. The summed E-state index contributed by atoms with van der Waals surface area (Å²) in [5, 5.41) is 9.24. The maximum absolute atomic E-state index is 14.1. The molecule has 6 heteroatoms. The number of rotatable bonds is 1. The van der Waals surface area contributed by atoms with Crippen molar-refractivity contribution in [1.82, 2.24) is 10.2 Å². The highest BCUT2D eigenvalue weighted by atomic mass is 32.2. The van der Waals surface area contributed by atoms with E-state index in [-0.39, 0.29) is 22.2 Å². The van der Waals surface area contributed by atoms with E-state index in [2.05, 4.69) is 15.5 Å². The van der Waals surface area contributed by atoms with Crippen LogP contribution in [0.4, 0.5) is 10.2 Å². The van der Waals surface area contributed by atoms with Crippen molar-refractivity contribution in [2.24, 2.45) is 0 Å². The first kappa shape index (κ1) is 13.2. The zero-order valence-electron chi connectivity index (χ0n) is 11.1. The van der Waals surface area contributed by atoms with Crippen LogP contribution in [0.1, 0.15) is 29.0 Å². The van der Waals surface area contributed by atoms with Gasteiger partial charge < -0.3 is 5.32 Å². The Morgan fingerprint density at radius 2 is 2.10 bits per heavy atom. The van der Waals surface area contributed by atoms with E-state index in [1.807, 2.05) is 13.8 Å². The lowest BCUT2D eigenvalue weighted by Crippen LogP contribution is -2.21. The lowest BCUT2D eigenvalue weighted by atomic mass is 10.0. The van der Waals surface area contributed by atoms with Crippen molar-refractivity contribution in [1.29, 1.82) is 0 Å². The summed E-state index contributed by atoms with van der Waals surface area (Å²) < 4.78 is 14.1. The molecule has 0 radical (unpaired) electrons. The Balaban J connectivity index is 2.16. The number of hydrogen-bond acceptors (Lipinski definition) is 3. The average molecular weight is 291 g/mol. The van der Waals surface area contributed by atoms with E-state index in [4.69, 9.17) is 0 Å². The fourth-order valence-corrected chi connectivity index (χ4v) is 3.68. The van der Waals surface area contributed by atoms with Crippen LogP contribution in [0.5, 0.6) is 0 Å². The highest BCUT2D eigenvalue weighted by Crippen LogP contribution is 2.45. The number of aryl methyl sites for hydroxylation is 1. The molecule has 2 N–H and O–H groups in total. The maximum atomic E-state index is 14.1. The van der Waals surface area contributed by atoms with Crippen molar-refractivity contribution in [3.63, 3.8) is 0 Å². The van der Waals surface area contributed by atoms with Crippen LogP contribution >= 0.6 is 11.8 Å². The molecule has 0 bridgehead atoms. The third kappa shape index (κ3) is 2.10. The molecule has 0 saturated carbocycles. The predicted octanol–water partition coefficient (Wildman–Crippen LogP) is 3.02. The zero-order valence-corrected chi connectivity index (χ0v) is 11.9. The van der Waals surface area contributed by atoms with E-state index in [0.29, 0.717) is 11.4 Å². The van der Waals surface area contributed by atoms with Crippen LogP contribution in [-0.2, 0) is 4.79 Å². The highest BCUT2D eigenvalue weighted by Gasteiger charge is 2.33. The van der Waals surface area contributed by atoms with Gasteiger partial charge in [0.05, 0.1) is 10.5 Å². The van der Waals surface area contributed by atoms with Crippen molar-refractivity contribution >= 4 is 23.5 Å². The molecule has 0 fully saturated rings. The topological polar surface area (TPSA) is 57.8 Å². The Morgan fingerprint density at radius 1 is 1.35 bits per heavy atom. The Morgan fingerprint density at radius 3 is 2.85 bits per heavy atom. The first-order chi connectivity index (χ1) is 9.58. The Kier molecular flexibility index (Phi) is 3.25. The summed E-state index contributed by atoms with van der Waals surface area (Å²) in [6.07, 6.45) is 0. The van der Waals surface area contributed by atoms with Gasteiger partial charge in [0.1, 0.15) is 5.82 Å². The number of thioether (sulfide) groups is 1. The highest BCUT2D eigenvalue weighted by molar-refractivity contribution is 8.01. The van der Waals surface area contributed by atoms with Crippen LogP contribution in [0.15, 0.2) is 24.3 Å². The molecule has 0 spiro atoms. The number of nitrogens with zero attached hydrogens (tertiary/aromatic N) is 1. The Bertz CT molecular complexity index is 670. The lowest BCUT2D eigenvalue weighted by molar-refractivity contribution is -0.115. The van der Waals surface area contributed by atoms with Crippen molar-refractivity contribution in [3.8, 4) is 0 Å². The van der Waals surface area contributed by atoms with Gasteiger partial charge in [0.2, 0.25) is 5.91 Å².